The van der Waals surface area contributed by atoms with E-state index in [-0.39, 0.29) is 19.0 Å². The zero-order chi connectivity index (χ0) is 12.7. The van der Waals surface area contributed by atoms with Crippen LogP contribution in [-0.4, -0.2) is 31.7 Å². The van der Waals surface area contributed by atoms with Crippen molar-refractivity contribution in [3.05, 3.63) is 33.9 Å². The first kappa shape index (κ1) is 12.8. The Morgan fingerprint density at radius 3 is 2.76 bits per heavy atom. The van der Waals surface area contributed by atoms with Gasteiger partial charge in [0.05, 0.1) is 12.7 Å². The predicted octanol–water partition coefficient (Wildman–Crippen LogP) is 1.09. The third-order valence-corrected chi connectivity index (χ3v) is 1.88. The lowest BCUT2D eigenvalue weighted by Crippen LogP contribution is -2.11. The van der Waals surface area contributed by atoms with Crippen LogP contribution in [-0.2, 0) is 4.84 Å². The van der Waals surface area contributed by atoms with Crippen molar-refractivity contribution in [2.75, 3.05) is 20.3 Å². The molecule has 1 aromatic carbocycles. The molecule has 17 heavy (non-hydrogen) atoms. The highest BCUT2D eigenvalue weighted by Gasteiger charge is 2.09. The van der Waals surface area contributed by atoms with Gasteiger partial charge in [-0.05, 0) is 12.1 Å². The Bertz CT molecular complexity index is 406. The van der Waals surface area contributed by atoms with Gasteiger partial charge in [0.1, 0.15) is 13.2 Å². The Hall–Kier alpha value is -2.31. The minimum absolute atomic E-state index is 0.0534. The van der Waals surface area contributed by atoms with Crippen LogP contribution in [0.25, 0.3) is 0 Å². The molecule has 0 bridgehead atoms. The second-order valence-electron chi connectivity index (χ2n) is 2.90. The summed E-state index contributed by atoms with van der Waals surface area (Å²) in [4.78, 5) is 24.7. The minimum atomic E-state index is -0.910. The van der Waals surface area contributed by atoms with Gasteiger partial charge >= 0.3 is 0 Å². The van der Waals surface area contributed by atoms with Crippen LogP contribution in [0.5, 0.6) is 11.5 Å². The fraction of sp³-hybridized carbons (Fsp3) is 0.300. The van der Waals surface area contributed by atoms with Crippen LogP contribution in [0.15, 0.2) is 18.2 Å². The summed E-state index contributed by atoms with van der Waals surface area (Å²) in [5.41, 5.74) is 0.311. The molecular weight excluding hydrogens is 230 g/mol. The monoisotopic (exact) mass is 241 g/mol. The van der Waals surface area contributed by atoms with Gasteiger partial charge in [0, 0.05) is 0 Å². The number of nitrogens with zero attached hydrogens (tertiary/aromatic N) is 1. The Kier molecular flexibility index (Phi) is 4.74. The predicted molar refractivity (Wildman–Crippen MR) is 56.8 cm³/mol. The Balaban J connectivity index is 2.67. The van der Waals surface area contributed by atoms with Crippen molar-refractivity contribution in [3.63, 3.8) is 0 Å². The average molecular weight is 241 g/mol. The highest BCUT2D eigenvalue weighted by atomic mass is 17.0. The number of methoxy groups -OCH3 is 1. The summed E-state index contributed by atoms with van der Waals surface area (Å²) < 4.78 is 10.2. The molecule has 92 valence electrons. The molecule has 0 aliphatic heterocycles. The topological polar surface area (TPSA) is 87.9 Å². The molecule has 0 unspecified atom stereocenters. The van der Waals surface area contributed by atoms with Gasteiger partial charge in [-0.1, -0.05) is 6.07 Å². The normalized spacial score (nSPS) is 9.47. The van der Waals surface area contributed by atoms with Crippen LogP contribution in [0.3, 0.4) is 0 Å². The van der Waals surface area contributed by atoms with Crippen molar-refractivity contribution < 1.29 is 24.2 Å². The highest BCUT2D eigenvalue weighted by molar-refractivity contribution is 5.81. The maximum absolute atomic E-state index is 10.8. The molecule has 1 rings (SSSR count). The first-order valence-electron chi connectivity index (χ1n) is 4.71. The molecule has 0 atom stereocenters. The van der Waals surface area contributed by atoms with Gasteiger partial charge in [-0.25, -0.2) is 0 Å². The van der Waals surface area contributed by atoms with E-state index in [1.54, 1.807) is 18.2 Å². The van der Waals surface area contributed by atoms with E-state index in [4.69, 9.17) is 9.47 Å². The lowest BCUT2D eigenvalue weighted by Gasteiger charge is -2.11. The SMILES string of the molecule is COc1cccc(C=O)c1OCCO[N+](=O)[O-]. The summed E-state index contributed by atoms with van der Waals surface area (Å²) >= 11 is 0. The Labute approximate surface area is 97.0 Å². The van der Waals surface area contributed by atoms with Crippen LogP contribution in [0, 0.1) is 10.1 Å². The van der Waals surface area contributed by atoms with Crippen LogP contribution in [0.1, 0.15) is 10.4 Å². The molecule has 0 saturated heterocycles. The molecule has 0 spiro atoms. The van der Waals surface area contributed by atoms with Crippen LogP contribution in [0.2, 0.25) is 0 Å². The Morgan fingerprint density at radius 2 is 2.18 bits per heavy atom. The number of ether oxygens (including phenoxy) is 2. The minimum Gasteiger partial charge on any atom is -0.493 e. The molecule has 0 amide bonds. The fourth-order valence-electron chi connectivity index (χ4n) is 1.20. The van der Waals surface area contributed by atoms with Crippen molar-refractivity contribution in [2.45, 2.75) is 0 Å². The lowest BCUT2D eigenvalue weighted by molar-refractivity contribution is -0.757. The zero-order valence-corrected chi connectivity index (χ0v) is 9.12. The van der Waals surface area contributed by atoms with E-state index >= 15 is 0 Å². The number of hydrogen-bond donors (Lipinski definition) is 0. The molecule has 7 heteroatoms. The standard InChI is InChI=1S/C10H11NO6/c1-15-9-4-2-3-8(7-12)10(9)16-5-6-17-11(13)14/h2-4,7H,5-6H2,1H3. The number of benzene rings is 1. The van der Waals surface area contributed by atoms with E-state index in [2.05, 4.69) is 4.84 Å². The summed E-state index contributed by atoms with van der Waals surface area (Å²) in [6.45, 7) is -0.272. The lowest BCUT2D eigenvalue weighted by atomic mass is 10.2. The first-order valence-corrected chi connectivity index (χ1v) is 4.71. The quantitative estimate of drug-likeness (QED) is 0.307. The largest absolute Gasteiger partial charge is 0.493 e. The van der Waals surface area contributed by atoms with Crippen molar-refractivity contribution >= 4 is 6.29 Å². The summed E-state index contributed by atoms with van der Waals surface area (Å²) in [7, 11) is 1.43. The van der Waals surface area contributed by atoms with Gasteiger partial charge < -0.3 is 14.3 Å². The van der Waals surface area contributed by atoms with Crippen LogP contribution >= 0.6 is 0 Å². The molecule has 0 fully saturated rings. The number of rotatable bonds is 7. The van der Waals surface area contributed by atoms with Crippen LogP contribution < -0.4 is 9.47 Å². The van der Waals surface area contributed by atoms with E-state index in [9.17, 15) is 14.9 Å². The van der Waals surface area contributed by atoms with Gasteiger partial charge in [0.15, 0.2) is 17.8 Å². The molecule has 0 saturated carbocycles. The second-order valence-corrected chi connectivity index (χ2v) is 2.90. The Morgan fingerprint density at radius 1 is 1.41 bits per heavy atom. The molecule has 0 heterocycles. The molecule has 0 N–H and O–H groups in total. The zero-order valence-electron chi connectivity index (χ0n) is 9.12. The van der Waals surface area contributed by atoms with Gasteiger partial charge in [-0.15, -0.1) is 10.1 Å². The molecule has 0 radical (unpaired) electrons. The van der Waals surface area contributed by atoms with E-state index in [1.807, 2.05) is 0 Å². The van der Waals surface area contributed by atoms with Crippen molar-refractivity contribution in [3.8, 4) is 11.5 Å². The summed E-state index contributed by atoms with van der Waals surface area (Å²) in [6, 6.07) is 4.82. The third kappa shape index (κ3) is 3.63. The first-order chi connectivity index (χ1) is 8.19. The molecule has 0 aliphatic rings. The fourth-order valence-corrected chi connectivity index (χ4v) is 1.20. The molecule has 7 nitrogen and oxygen atoms in total. The van der Waals surface area contributed by atoms with Crippen LogP contribution in [0.4, 0.5) is 0 Å². The van der Waals surface area contributed by atoms with Crippen molar-refractivity contribution in [1.29, 1.82) is 0 Å². The molecule has 1 aromatic rings. The van der Waals surface area contributed by atoms with Gasteiger partial charge in [-0.3, -0.25) is 4.79 Å². The van der Waals surface area contributed by atoms with Crippen molar-refractivity contribution in [1.82, 2.24) is 0 Å². The number of para-hydroxylation sites is 1. The third-order valence-electron chi connectivity index (χ3n) is 1.88. The molecule has 0 aliphatic carbocycles. The van der Waals surface area contributed by atoms with E-state index in [0.717, 1.165) is 0 Å². The second kappa shape index (κ2) is 6.31. The summed E-state index contributed by atoms with van der Waals surface area (Å²) in [5, 5.41) is 8.99. The number of carbonyl (C=O) groups is 1. The van der Waals surface area contributed by atoms with E-state index < -0.39 is 5.09 Å². The van der Waals surface area contributed by atoms with E-state index in [1.165, 1.54) is 7.11 Å². The van der Waals surface area contributed by atoms with Crippen molar-refractivity contribution in [2.24, 2.45) is 0 Å². The number of hydrogen-bond acceptors (Lipinski definition) is 6. The number of carbonyl (C=O) groups excluding carboxylic acids is 1. The summed E-state index contributed by atoms with van der Waals surface area (Å²) in [6.07, 6.45) is 0.617. The maximum atomic E-state index is 10.8. The smallest absolute Gasteiger partial charge is 0.294 e. The summed E-state index contributed by atoms with van der Waals surface area (Å²) in [5.74, 6) is 0.632. The number of aldehydes is 1. The van der Waals surface area contributed by atoms with Gasteiger partial charge in [0.2, 0.25) is 0 Å². The maximum Gasteiger partial charge on any atom is 0.294 e. The van der Waals surface area contributed by atoms with E-state index in [0.29, 0.717) is 17.6 Å². The van der Waals surface area contributed by atoms with Gasteiger partial charge in [0.25, 0.3) is 5.09 Å². The molecular formula is C10H11NO6. The highest BCUT2D eigenvalue weighted by Crippen LogP contribution is 2.29. The average Bonchev–Trinajstić information content (AvgIpc) is 2.34. The molecule has 0 aromatic heterocycles. The van der Waals surface area contributed by atoms with Gasteiger partial charge in [-0.2, -0.15) is 0 Å².